The number of hydrogen-bond donors (Lipinski definition) is 3. The molecule has 0 bridgehead atoms. The van der Waals surface area contributed by atoms with Crippen molar-refractivity contribution in [2.45, 2.75) is 19.6 Å². The number of rotatable bonds is 5. The first-order valence-electron chi connectivity index (χ1n) is 5.64. The highest BCUT2D eigenvalue weighted by Crippen LogP contribution is 2.29. The average Bonchev–Trinajstić information content (AvgIpc) is 2.32. The van der Waals surface area contributed by atoms with Gasteiger partial charge < -0.3 is 15.8 Å². The molecule has 1 unspecified atom stereocenters. The number of amides is 3. The predicted molar refractivity (Wildman–Crippen MR) is 72.0 cm³/mol. The molecule has 0 spiro atoms. The third kappa shape index (κ3) is 4.42. The molecule has 0 aliphatic heterocycles. The van der Waals surface area contributed by atoms with E-state index in [1.165, 1.54) is 6.92 Å². The van der Waals surface area contributed by atoms with Crippen LogP contribution in [0.3, 0.4) is 0 Å². The molecule has 1 atom stereocenters. The molecule has 1 rings (SSSR count). The van der Waals surface area contributed by atoms with Crippen LogP contribution in [-0.4, -0.2) is 25.1 Å². The number of nitrogens with two attached hydrogens (primary N) is 1. The van der Waals surface area contributed by atoms with E-state index in [0.717, 1.165) is 5.56 Å². The molecule has 0 fully saturated rings. The molecular formula is C12H16ClN3O3. The summed E-state index contributed by atoms with van der Waals surface area (Å²) in [5.74, 6) is -0.214. The van der Waals surface area contributed by atoms with Crippen molar-refractivity contribution in [3.63, 3.8) is 0 Å². The summed E-state index contributed by atoms with van der Waals surface area (Å²) in [5.41, 5.74) is 5.68. The smallest absolute Gasteiger partial charge is 0.318 e. The molecular weight excluding hydrogens is 270 g/mol. The maximum atomic E-state index is 11.5. The molecule has 0 heterocycles. The van der Waals surface area contributed by atoms with Gasteiger partial charge in [0.1, 0.15) is 5.75 Å². The molecule has 7 heteroatoms. The van der Waals surface area contributed by atoms with Gasteiger partial charge in [0.2, 0.25) is 0 Å². The third-order valence-electron chi connectivity index (χ3n) is 2.33. The molecule has 0 saturated heterocycles. The van der Waals surface area contributed by atoms with Crippen molar-refractivity contribution in [3.05, 3.63) is 28.8 Å². The summed E-state index contributed by atoms with van der Waals surface area (Å²) in [5, 5.41) is 5.32. The van der Waals surface area contributed by atoms with Crippen LogP contribution in [0.1, 0.15) is 12.5 Å². The van der Waals surface area contributed by atoms with Gasteiger partial charge in [0, 0.05) is 12.1 Å². The fraction of sp³-hybridized carbons (Fsp3) is 0.333. The van der Waals surface area contributed by atoms with Crippen molar-refractivity contribution < 1.29 is 14.3 Å². The Morgan fingerprint density at radius 3 is 2.74 bits per heavy atom. The SMILES string of the molecule is CNCc1cccc(Cl)c1OC(C)C(=O)NC(N)=O. The molecule has 1 aromatic rings. The number of primary amides is 1. The highest BCUT2D eigenvalue weighted by atomic mass is 35.5. The number of hydrogen-bond acceptors (Lipinski definition) is 4. The van der Waals surface area contributed by atoms with Crippen molar-refractivity contribution in [3.8, 4) is 5.75 Å². The molecule has 0 aliphatic rings. The van der Waals surface area contributed by atoms with Crippen LogP contribution in [0.5, 0.6) is 5.75 Å². The summed E-state index contributed by atoms with van der Waals surface area (Å²) in [7, 11) is 1.79. The molecule has 4 N–H and O–H groups in total. The Morgan fingerprint density at radius 2 is 2.16 bits per heavy atom. The van der Waals surface area contributed by atoms with Gasteiger partial charge in [-0.05, 0) is 20.0 Å². The van der Waals surface area contributed by atoms with E-state index in [1.807, 2.05) is 11.4 Å². The largest absolute Gasteiger partial charge is 0.479 e. The van der Waals surface area contributed by atoms with Crippen LogP contribution in [0.4, 0.5) is 4.79 Å². The molecule has 3 amide bonds. The molecule has 0 aliphatic carbocycles. The number of imide groups is 1. The topological polar surface area (TPSA) is 93.4 Å². The van der Waals surface area contributed by atoms with Gasteiger partial charge in [-0.15, -0.1) is 0 Å². The van der Waals surface area contributed by atoms with Gasteiger partial charge in [-0.3, -0.25) is 10.1 Å². The number of benzene rings is 1. The highest BCUT2D eigenvalue weighted by molar-refractivity contribution is 6.32. The first kappa shape index (κ1) is 15.3. The maximum Gasteiger partial charge on any atom is 0.318 e. The number of carbonyl (C=O) groups is 2. The van der Waals surface area contributed by atoms with E-state index in [0.29, 0.717) is 17.3 Å². The second-order valence-electron chi connectivity index (χ2n) is 3.87. The van der Waals surface area contributed by atoms with E-state index in [1.54, 1.807) is 19.2 Å². The Bertz CT molecular complexity index is 479. The second-order valence-corrected chi connectivity index (χ2v) is 4.28. The van der Waals surface area contributed by atoms with Crippen LogP contribution in [0, 0.1) is 0 Å². The van der Waals surface area contributed by atoms with Crippen LogP contribution in [0.15, 0.2) is 18.2 Å². The number of carbonyl (C=O) groups excluding carboxylic acids is 2. The lowest BCUT2D eigenvalue weighted by Gasteiger charge is -2.17. The fourth-order valence-electron chi connectivity index (χ4n) is 1.47. The summed E-state index contributed by atoms with van der Waals surface area (Å²) < 4.78 is 5.50. The fourth-order valence-corrected chi connectivity index (χ4v) is 1.71. The van der Waals surface area contributed by atoms with E-state index >= 15 is 0 Å². The number of para-hydroxylation sites is 1. The summed E-state index contributed by atoms with van der Waals surface area (Å²) in [6, 6.07) is 4.36. The van der Waals surface area contributed by atoms with E-state index in [9.17, 15) is 9.59 Å². The molecule has 6 nitrogen and oxygen atoms in total. The molecule has 0 radical (unpaired) electrons. The maximum absolute atomic E-state index is 11.5. The lowest BCUT2D eigenvalue weighted by atomic mass is 10.2. The Labute approximate surface area is 116 Å². The number of urea groups is 1. The molecule has 104 valence electrons. The molecule has 1 aromatic carbocycles. The Hall–Kier alpha value is -1.79. The summed E-state index contributed by atoms with van der Waals surface area (Å²) in [6.45, 7) is 2.05. The minimum atomic E-state index is -0.921. The quantitative estimate of drug-likeness (QED) is 0.753. The van der Waals surface area contributed by atoms with Crippen molar-refractivity contribution in [1.29, 1.82) is 0 Å². The first-order valence-corrected chi connectivity index (χ1v) is 6.02. The average molecular weight is 286 g/mol. The number of ether oxygens (including phenoxy) is 1. The predicted octanol–water partition coefficient (Wildman–Crippen LogP) is 1.02. The lowest BCUT2D eigenvalue weighted by molar-refractivity contribution is -0.126. The van der Waals surface area contributed by atoms with Gasteiger partial charge >= 0.3 is 6.03 Å². The summed E-state index contributed by atoms with van der Waals surface area (Å²) >= 11 is 6.04. The zero-order chi connectivity index (χ0) is 14.4. The Balaban J connectivity index is 2.86. The van der Waals surface area contributed by atoms with Crippen molar-refractivity contribution in [2.24, 2.45) is 5.73 Å². The van der Waals surface area contributed by atoms with Gasteiger partial charge in [0.25, 0.3) is 5.91 Å². The number of nitrogens with one attached hydrogen (secondary N) is 2. The summed E-state index contributed by atoms with van der Waals surface area (Å²) in [6.07, 6.45) is -0.886. The van der Waals surface area contributed by atoms with Crippen LogP contribution < -0.4 is 21.1 Å². The second kappa shape index (κ2) is 6.96. The normalized spacial score (nSPS) is 11.7. The Kier molecular flexibility index (Phi) is 5.59. The van der Waals surface area contributed by atoms with Gasteiger partial charge in [-0.25, -0.2) is 4.79 Å². The van der Waals surface area contributed by atoms with E-state index < -0.39 is 18.0 Å². The van der Waals surface area contributed by atoms with Gasteiger partial charge in [-0.1, -0.05) is 23.7 Å². The van der Waals surface area contributed by atoms with E-state index in [4.69, 9.17) is 22.1 Å². The van der Waals surface area contributed by atoms with Crippen LogP contribution >= 0.6 is 11.6 Å². The standard InChI is InChI=1S/C12H16ClN3O3/c1-7(11(17)16-12(14)18)19-10-8(6-15-2)4-3-5-9(10)13/h3-5,7,15H,6H2,1-2H3,(H3,14,16,17,18). The van der Waals surface area contributed by atoms with Crippen LogP contribution in [0.25, 0.3) is 0 Å². The van der Waals surface area contributed by atoms with Gasteiger partial charge in [-0.2, -0.15) is 0 Å². The first-order chi connectivity index (χ1) is 8.95. The van der Waals surface area contributed by atoms with E-state index in [-0.39, 0.29) is 0 Å². The van der Waals surface area contributed by atoms with Gasteiger partial charge in [0.15, 0.2) is 6.10 Å². The molecule has 0 saturated carbocycles. The highest BCUT2D eigenvalue weighted by Gasteiger charge is 2.19. The summed E-state index contributed by atoms with van der Waals surface area (Å²) in [4.78, 5) is 22.1. The van der Waals surface area contributed by atoms with Crippen LogP contribution in [0.2, 0.25) is 5.02 Å². The third-order valence-corrected chi connectivity index (χ3v) is 2.62. The minimum Gasteiger partial charge on any atom is -0.479 e. The van der Waals surface area contributed by atoms with Crippen molar-refractivity contribution in [1.82, 2.24) is 10.6 Å². The zero-order valence-corrected chi connectivity index (χ0v) is 11.5. The number of halogens is 1. The van der Waals surface area contributed by atoms with Crippen LogP contribution in [-0.2, 0) is 11.3 Å². The Morgan fingerprint density at radius 1 is 1.47 bits per heavy atom. The molecule has 0 aromatic heterocycles. The monoisotopic (exact) mass is 285 g/mol. The minimum absolute atomic E-state index is 0.395. The lowest BCUT2D eigenvalue weighted by Crippen LogP contribution is -2.42. The van der Waals surface area contributed by atoms with Crippen molar-refractivity contribution >= 4 is 23.5 Å². The van der Waals surface area contributed by atoms with Crippen molar-refractivity contribution in [2.75, 3.05) is 7.05 Å². The zero-order valence-electron chi connectivity index (χ0n) is 10.7. The van der Waals surface area contributed by atoms with E-state index in [2.05, 4.69) is 5.32 Å². The molecule has 19 heavy (non-hydrogen) atoms. The van der Waals surface area contributed by atoms with Gasteiger partial charge in [0.05, 0.1) is 5.02 Å².